The molecule has 0 bridgehead atoms. The quantitative estimate of drug-likeness (QED) is 0.700. The van der Waals surface area contributed by atoms with Crippen molar-refractivity contribution >= 4 is 17.6 Å². The number of hydrogen-bond donors (Lipinski definition) is 1. The summed E-state index contributed by atoms with van der Waals surface area (Å²) in [6.07, 6.45) is 7.18. The van der Waals surface area contributed by atoms with Gasteiger partial charge in [0.15, 0.2) is 11.5 Å². The average Bonchev–Trinajstić information content (AvgIpc) is 3.41. The molecule has 1 amide bonds. The van der Waals surface area contributed by atoms with Crippen molar-refractivity contribution in [3.8, 4) is 5.82 Å². The number of nitrogens with zero attached hydrogens (tertiary/aromatic N) is 4. The van der Waals surface area contributed by atoms with E-state index in [-0.39, 0.29) is 5.69 Å². The lowest BCUT2D eigenvalue weighted by Crippen LogP contribution is -2.17. The van der Waals surface area contributed by atoms with Gasteiger partial charge >= 0.3 is 5.97 Å². The second-order valence-electron chi connectivity index (χ2n) is 6.27. The molecule has 1 aromatic carbocycles. The summed E-state index contributed by atoms with van der Waals surface area (Å²) < 4.78 is 6.53. The van der Waals surface area contributed by atoms with Crippen molar-refractivity contribution in [2.45, 2.75) is 18.8 Å². The number of hydrogen-bond acceptors (Lipinski definition) is 6. The summed E-state index contributed by atoms with van der Waals surface area (Å²) in [6, 6.07) is 8.67. The number of carbonyl (C=O) groups excluding carboxylic acids is 2. The van der Waals surface area contributed by atoms with E-state index in [1.807, 2.05) is 6.07 Å². The number of esters is 1. The summed E-state index contributed by atoms with van der Waals surface area (Å²) in [5.41, 5.74) is 1.94. The Balaban J connectivity index is 1.56. The molecule has 27 heavy (non-hydrogen) atoms. The summed E-state index contributed by atoms with van der Waals surface area (Å²) in [4.78, 5) is 28.6. The van der Waals surface area contributed by atoms with Gasteiger partial charge in [-0.25, -0.2) is 9.78 Å². The van der Waals surface area contributed by atoms with E-state index in [4.69, 9.17) is 4.74 Å². The molecule has 0 aliphatic heterocycles. The fraction of sp³-hybridized carbons (Fsp3) is 0.211. The molecule has 2 aromatic heterocycles. The third-order valence-corrected chi connectivity index (χ3v) is 4.40. The molecule has 0 saturated heterocycles. The Kier molecular flexibility index (Phi) is 4.37. The molecule has 136 valence electrons. The van der Waals surface area contributed by atoms with Crippen molar-refractivity contribution in [3.63, 3.8) is 0 Å². The highest BCUT2D eigenvalue weighted by Gasteiger charge is 2.26. The van der Waals surface area contributed by atoms with Crippen LogP contribution in [0, 0.1) is 0 Å². The van der Waals surface area contributed by atoms with Crippen molar-refractivity contribution in [2.24, 2.45) is 0 Å². The van der Waals surface area contributed by atoms with Crippen LogP contribution in [0.4, 0.5) is 5.69 Å². The van der Waals surface area contributed by atoms with Crippen LogP contribution in [0.3, 0.4) is 0 Å². The molecule has 4 rings (SSSR count). The minimum Gasteiger partial charge on any atom is -0.465 e. The third kappa shape index (κ3) is 3.55. The maximum Gasteiger partial charge on any atom is 0.339 e. The van der Waals surface area contributed by atoms with Gasteiger partial charge in [-0.1, -0.05) is 6.07 Å². The number of benzene rings is 1. The van der Waals surface area contributed by atoms with Crippen molar-refractivity contribution in [2.75, 3.05) is 12.4 Å². The zero-order chi connectivity index (χ0) is 18.8. The topological polar surface area (TPSA) is 99.0 Å². The fourth-order valence-electron chi connectivity index (χ4n) is 2.79. The largest absolute Gasteiger partial charge is 0.465 e. The SMILES string of the molecule is COC(=O)c1cc(C2CC2)ccc1NC(=O)c1ccc(-n2ccnc2)nn1. The van der Waals surface area contributed by atoms with Gasteiger partial charge in [0.1, 0.15) is 6.33 Å². The van der Waals surface area contributed by atoms with Crippen molar-refractivity contribution in [3.05, 3.63) is 65.9 Å². The Morgan fingerprint density at radius 3 is 2.67 bits per heavy atom. The Hall–Kier alpha value is -3.55. The number of carbonyl (C=O) groups is 2. The molecular formula is C19H17N5O3. The first-order valence-electron chi connectivity index (χ1n) is 8.51. The molecule has 3 aromatic rings. The lowest BCUT2D eigenvalue weighted by Gasteiger charge is -2.11. The number of imidazole rings is 1. The van der Waals surface area contributed by atoms with Gasteiger partial charge in [-0.2, -0.15) is 0 Å². The molecule has 1 aliphatic rings. The highest BCUT2D eigenvalue weighted by atomic mass is 16.5. The molecule has 1 aliphatic carbocycles. The predicted octanol–water partition coefficient (Wildman–Crippen LogP) is 2.58. The number of anilines is 1. The smallest absolute Gasteiger partial charge is 0.339 e. The van der Waals surface area contributed by atoms with E-state index < -0.39 is 11.9 Å². The molecular weight excluding hydrogens is 346 g/mol. The lowest BCUT2D eigenvalue weighted by molar-refractivity contribution is 0.0602. The molecule has 1 fully saturated rings. The molecule has 0 unspecified atom stereocenters. The summed E-state index contributed by atoms with van der Waals surface area (Å²) in [6.45, 7) is 0. The minimum atomic E-state index is -0.491. The number of methoxy groups -OCH3 is 1. The molecule has 2 heterocycles. The van der Waals surface area contributed by atoms with E-state index in [1.165, 1.54) is 7.11 Å². The first kappa shape index (κ1) is 16.9. The van der Waals surface area contributed by atoms with Gasteiger partial charge in [0.25, 0.3) is 5.91 Å². The normalized spacial score (nSPS) is 13.2. The van der Waals surface area contributed by atoms with E-state index >= 15 is 0 Å². The van der Waals surface area contributed by atoms with Gasteiger partial charge in [-0.15, -0.1) is 10.2 Å². The van der Waals surface area contributed by atoms with Gasteiger partial charge in [-0.3, -0.25) is 9.36 Å². The standard InChI is InChI=1S/C19H17N5O3/c1-27-19(26)14-10-13(12-2-3-12)4-5-15(14)21-18(25)16-6-7-17(23-22-16)24-9-8-20-11-24/h4-12H,2-3H2,1H3,(H,21,25). The molecule has 0 spiro atoms. The molecule has 8 nitrogen and oxygen atoms in total. The summed E-state index contributed by atoms with van der Waals surface area (Å²) in [7, 11) is 1.32. The van der Waals surface area contributed by atoms with Crippen molar-refractivity contribution in [1.29, 1.82) is 0 Å². The van der Waals surface area contributed by atoms with E-state index in [1.54, 1.807) is 47.6 Å². The van der Waals surface area contributed by atoms with Gasteiger partial charge in [0.2, 0.25) is 0 Å². The fourth-order valence-corrected chi connectivity index (χ4v) is 2.79. The predicted molar refractivity (Wildman–Crippen MR) is 96.9 cm³/mol. The summed E-state index contributed by atoms with van der Waals surface area (Å²) >= 11 is 0. The average molecular weight is 363 g/mol. The van der Waals surface area contributed by atoms with Crippen LogP contribution in [0.25, 0.3) is 5.82 Å². The number of amides is 1. The van der Waals surface area contributed by atoms with Crippen molar-refractivity contribution in [1.82, 2.24) is 19.7 Å². The Labute approximate surface area is 155 Å². The third-order valence-electron chi connectivity index (χ3n) is 4.40. The second kappa shape index (κ2) is 6.99. The summed E-state index contributed by atoms with van der Waals surface area (Å²) in [5.74, 6) is 0.0891. The highest BCUT2D eigenvalue weighted by molar-refractivity contribution is 6.07. The van der Waals surface area contributed by atoms with Crippen LogP contribution >= 0.6 is 0 Å². The zero-order valence-corrected chi connectivity index (χ0v) is 14.6. The van der Waals surface area contributed by atoms with Crippen LogP contribution in [-0.2, 0) is 4.74 Å². The van der Waals surface area contributed by atoms with Crippen LogP contribution in [-0.4, -0.2) is 38.7 Å². The Morgan fingerprint density at radius 1 is 1.19 bits per heavy atom. The minimum absolute atomic E-state index is 0.140. The zero-order valence-electron chi connectivity index (χ0n) is 14.6. The van der Waals surface area contributed by atoms with Gasteiger partial charge in [0.05, 0.1) is 18.4 Å². The van der Waals surface area contributed by atoms with Crippen LogP contribution in [0.5, 0.6) is 0 Å². The molecule has 1 N–H and O–H groups in total. The van der Waals surface area contributed by atoms with Gasteiger partial charge in [-0.05, 0) is 48.6 Å². The van der Waals surface area contributed by atoms with Crippen LogP contribution in [0.1, 0.15) is 45.2 Å². The van der Waals surface area contributed by atoms with Crippen LogP contribution in [0.2, 0.25) is 0 Å². The van der Waals surface area contributed by atoms with E-state index in [2.05, 4.69) is 20.5 Å². The molecule has 0 radical (unpaired) electrons. The first-order valence-corrected chi connectivity index (χ1v) is 8.51. The summed E-state index contributed by atoms with van der Waals surface area (Å²) in [5, 5.41) is 10.7. The Bertz CT molecular complexity index is 979. The highest BCUT2D eigenvalue weighted by Crippen LogP contribution is 2.41. The number of aromatic nitrogens is 4. The van der Waals surface area contributed by atoms with E-state index in [0.717, 1.165) is 18.4 Å². The monoisotopic (exact) mass is 363 g/mol. The molecule has 0 atom stereocenters. The first-order chi connectivity index (χ1) is 13.2. The Morgan fingerprint density at radius 2 is 2.04 bits per heavy atom. The lowest BCUT2D eigenvalue weighted by atomic mass is 10.0. The molecule has 8 heteroatoms. The maximum absolute atomic E-state index is 12.5. The number of ether oxygens (including phenoxy) is 1. The number of nitrogens with one attached hydrogen (secondary N) is 1. The van der Waals surface area contributed by atoms with Gasteiger partial charge in [0, 0.05) is 12.4 Å². The van der Waals surface area contributed by atoms with Crippen molar-refractivity contribution < 1.29 is 14.3 Å². The van der Waals surface area contributed by atoms with E-state index in [0.29, 0.717) is 23.0 Å². The second-order valence-corrected chi connectivity index (χ2v) is 6.27. The van der Waals surface area contributed by atoms with Gasteiger partial charge < -0.3 is 10.1 Å². The number of rotatable bonds is 5. The van der Waals surface area contributed by atoms with E-state index in [9.17, 15) is 9.59 Å². The maximum atomic E-state index is 12.5. The van der Waals surface area contributed by atoms with Crippen LogP contribution < -0.4 is 5.32 Å². The molecule has 1 saturated carbocycles. The van der Waals surface area contributed by atoms with Crippen LogP contribution in [0.15, 0.2) is 49.1 Å².